The van der Waals surface area contributed by atoms with E-state index >= 15 is 0 Å². The van der Waals surface area contributed by atoms with E-state index in [-0.39, 0.29) is 11.9 Å². The number of hydrogen-bond donors (Lipinski definition) is 1. The van der Waals surface area contributed by atoms with Crippen LogP contribution in [0.3, 0.4) is 0 Å². The maximum atomic E-state index is 11.9. The van der Waals surface area contributed by atoms with E-state index < -0.39 is 0 Å². The van der Waals surface area contributed by atoms with Crippen LogP contribution in [0.1, 0.15) is 56.2 Å². The maximum Gasteiger partial charge on any atom is 0.220 e. The highest BCUT2D eigenvalue weighted by atomic mass is 16.5. The molecule has 1 amide bonds. The average Bonchev–Trinajstić information content (AvgIpc) is 3.57. The molecule has 1 saturated carbocycles. The first-order valence-corrected chi connectivity index (χ1v) is 10.5. The number of hydrogen-bond acceptors (Lipinski definition) is 4. The number of benzene rings is 1. The van der Waals surface area contributed by atoms with Crippen LogP contribution in [0, 0.1) is 0 Å². The molecule has 1 atom stereocenters. The number of fused-ring (bicyclic) bond motifs is 2. The van der Waals surface area contributed by atoms with Crippen LogP contribution in [0.15, 0.2) is 42.7 Å². The summed E-state index contributed by atoms with van der Waals surface area (Å²) in [5.74, 6) is 0.801. The molecule has 1 fully saturated rings. The van der Waals surface area contributed by atoms with Gasteiger partial charge in [0.1, 0.15) is 6.10 Å². The molecule has 1 N–H and O–H groups in total. The Kier molecular flexibility index (Phi) is 4.66. The third-order valence-corrected chi connectivity index (χ3v) is 5.83. The minimum atomic E-state index is 0.0582. The number of aromatic nitrogens is 2. The van der Waals surface area contributed by atoms with Crippen LogP contribution in [0.4, 0.5) is 0 Å². The molecule has 5 nitrogen and oxygen atoms in total. The fourth-order valence-corrected chi connectivity index (χ4v) is 4.11. The smallest absolute Gasteiger partial charge is 0.220 e. The molecule has 2 aromatic heterocycles. The van der Waals surface area contributed by atoms with Crippen molar-refractivity contribution in [2.75, 3.05) is 0 Å². The maximum absolute atomic E-state index is 11.9. The largest absolute Gasteiger partial charge is 0.474 e. The van der Waals surface area contributed by atoms with Gasteiger partial charge < -0.3 is 10.1 Å². The predicted molar refractivity (Wildman–Crippen MR) is 113 cm³/mol. The molecule has 29 heavy (non-hydrogen) atoms. The molecule has 2 heterocycles. The number of rotatable bonds is 5. The highest BCUT2D eigenvalue weighted by Gasteiger charge is 2.25. The Morgan fingerprint density at radius 2 is 2.07 bits per heavy atom. The third kappa shape index (κ3) is 3.69. The van der Waals surface area contributed by atoms with Crippen LogP contribution in [0.5, 0.6) is 5.88 Å². The van der Waals surface area contributed by atoms with Crippen molar-refractivity contribution in [2.45, 2.75) is 57.6 Å². The molecular formula is C24H25N3O2. The van der Waals surface area contributed by atoms with Gasteiger partial charge in [0, 0.05) is 35.8 Å². The van der Waals surface area contributed by atoms with Crippen molar-refractivity contribution < 1.29 is 9.53 Å². The van der Waals surface area contributed by atoms with Crippen LogP contribution in [0.2, 0.25) is 0 Å². The molecule has 5 rings (SSSR count). The molecule has 0 radical (unpaired) electrons. The van der Waals surface area contributed by atoms with Gasteiger partial charge in [0.25, 0.3) is 0 Å². The quantitative estimate of drug-likeness (QED) is 0.687. The molecule has 0 saturated heterocycles. The molecule has 0 bridgehead atoms. The summed E-state index contributed by atoms with van der Waals surface area (Å²) in [4.78, 5) is 21.1. The molecule has 1 unspecified atom stereocenters. The Hall–Kier alpha value is -2.95. The van der Waals surface area contributed by atoms with Gasteiger partial charge in [-0.1, -0.05) is 13.0 Å². The summed E-state index contributed by atoms with van der Waals surface area (Å²) in [6.45, 7) is 1.89. The second kappa shape index (κ2) is 7.47. The third-order valence-electron chi connectivity index (χ3n) is 5.83. The summed E-state index contributed by atoms with van der Waals surface area (Å²) in [6.07, 6.45) is 10.0. The number of carbonyl (C=O) groups is 1. The SMILES string of the molecule is CCC(=O)NC1CCCc2c(-c3ccc4nc(OC5CC5)ccc4c3)cncc21. The molecular weight excluding hydrogens is 362 g/mol. The predicted octanol–water partition coefficient (Wildman–Crippen LogP) is 4.74. The van der Waals surface area contributed by atoms with E-state index in [1.165, 1.54) is 5.56 Å². The van der Waals surface area contributed by atoms with E-state index in [2.05, 4.69) is 39.6 Å². The molecule has 3 aromatic rings. The van der Waals surface area contributed by atoms with Crippen molar-refractivity contribution in [1.29, 1.82) is 0 Å². The normalized spacial score (nSPS) is 18.3. The van der Waals surface area contributed by atoms with Gasteiger partial charge >= 0.3 is 0 Å². The summed E-state index contributed by atoms with van der Waals surface area (Å²) in [6, 6.07) is 10.4. The number of pyridine rings is 2. The van der Waals surface area contributed by atoms with Crippen molar-refractivity contribution in [3.05, 3.63) is 53.9 Å². The Morgan fingerprint density at radius 1 is 1.17 bits per heavy atom. The Bertz CT molecular complexity index is 1070. The van der Waals surface area contributed by atoms with Gasteiger partial charge in [0.2, 0.25) is 11.8 Å². The molecule has 1 aromatic carbocycles. The highest BCUT2D eigenvalue weighted by Crippen LogP contribution is 2.36. The average molecular weight is 387 g/mol. The van der Waals surface area contributed by atoms with E-state index in [0.29, 0.717) is 18.4 Å². The van der Waals surface area contributed by atoms with Crippen molar-refractivity contribution in [3.8, 4) is 17.0 Å². The van der Waals surface area contributed by atoms with Gasteiger partial charge in [-0.15, -0.1) is 0 Å². The topological polar surface area (TPSA) is 64.1 Å². The first-order chi connectivity index (χ1) is 14.2. The van der Waals surface area contributed by atoms with E-state index in [0.717, 1.165) is 59.7 Å². The van der Waals surface area contributed by atoms with E-state index in [4.69, 9.17) is 4.74 Å². The lowest BCUT2D eigenvalue weighted by atomic mass is 9.84. The summed E-state index contributed by atoms with van der Waals surface area (Å²) in [7, 11) is 0. The first kappa shape index (κ1) is 18.1. The second-order valence-electron chi connectivity index (χ2n) is 7.99. The number of nitrogens with one attached hydrogen (secondary N) is 1. The summed E-state index contributed by atoms with van der Waals surface area (Å²) in [5.41, 5.74) is 5.69. The van der Waals surface area contributed by atoms with Gasteiger partial charge in [-0.2, -0.15) is 0 Å². The molecule has 0 spiro atoms. The van der Waals surface area contributed by atoms with Crippen molar-refractivity contribution in [2.24, 2.45) is 0 Å². The van der Waals surface area contributed by atoms with Crippen LogP contribution in [0.25, 0.3) is 22.0 Å². The van der Waals surface area contributed by atoms with Gasteiger partial charge in [-0.3, -0.25) is 9.78 Å². The summed E-state index contributed by atoms with van der Waals surface area (Å²) in [5, 5.41) is 4.25. The number of ether oxygens (including phenoxy) is 1. The van der Waals surface area contributed by atoms with E-state index in [1.807, 2.05) is 25.4 Å². The van der Waals surface area contributed by atoms with Crippen LogP contribution >= 0.6 is 0 Å². The second-order valence-corrected chi connectivity index (χ2v) is 7.99. The lowest BCUT2D eigenvalue weighted by Crippen LogP contribution is -2.30. The Morgan fingerprint density at radius 3 is 2.90 bits per heavy atom. The van der Waals surface area contributed by atoms with Gasteiger partial charge in [-0.05, 0) is 67.0 Å². The van der Waals surface area contributed by atoms with Crippen LogP contribution in [-0.2, 0) is 11.2 Å². The summed E-state index contributed by atoms with van der Waals surface area (Å²) < 4.78 is 5.82. The molecule has 148 valence electrons. The molecule has 2 aliphatic carbocycles. The monoisotopic (exact) mass is 387 g/mol. The van der Waals surface area contributed by atoms with Gasteiger partial charge in [-0.25, -0.2) is 4.98 Å². The molecule has 0 aliphatic heterocycles. The summed E-state index contributed by atoms with van der Waals surface area (Å²) >= 11 is 0. The first-order valence-electron chi connectivity index (χ1n) is 10.5. The van der Waals surface area contributed by atoms with Crippen molar-refractivity contribution in [3.63, 3.8) is 0 Å². The zero-order valence-electron chi connectivity index (χ0n) is 16.6. The lowest BCUT2D eigenvalue weighted by Gasteiger charge is -2.27. The van der Waals surface area contributed by atoms with E-state index in [1.54, 1.807) is 0 Å². The number of carbonyl (C=O) groups excluding carboxylic acids is 1. The number of nitrogens with zero attached hydrogens (tertiary/aromatic N) is 2. The van der Waals surface area contributed by atoms with Crippen molar-refractivity contribution in [1.82, 2.24) is 15.3 Å². The Balaban J connectivity index is 1.49. The Labute approximate surface area is 170 Å². The highest BCUT2D eigenvalue weighted by molar-refractivity contribution is 5.85. The minimum absolute atomic E-state index is 0.0582. The van der Waals surface area contributed by atoms with E-state index in [9.17, 15) is 4.79 Å². The minimum Gasteiger partial charge on any atom is -0.474 e. The zero-order chi connectivity index (χ0) is 19.8. The zero-order valence-corrected chi connectivity index (χ0v) is 16.6. The van der Waals surface area contributed by atoms with Gasteiger partial charge in [0.15, 0.2) is 0 Å². The van der Waals surface area contributed by atoms with Gasteiger partial charge in [0.05, 0.1) is 11.6 Å². The molecule has 5 heteroatoms. The van der Waals surface area contributed by atoms with Crippen LogP contribution in [-0.4, -0.2) is 22.0 Å². The fourth-order valence-electron chi connectivity index (χ4n) is 4.11. The van der Waals surface area contributed by atoms with Crippen LogP contribution < -0.4 is 10.1 Å². The molecule has 2 aliphatic rings. The number of amides is 1. The fraction of sp³-hybridized carbons (Fsp3) is 0.375. The van der Waals surface area contributed by atoms with Crippen molar-refractivity contribution >= 4 is 16.8 Å². The standard InChI is InChI=1S/C24H25N3O2/c1-2-23(28)26-22-5-3-4-18-19(13-25-14-20(18)22)15-6-10-21-16(12-15)7-11-24(27-21)29-17-8-9-17/h6-7,10-14,17,22H,2-5,8-9H2,1H3,(H,26,28). The lowest BCUT2D eigenvalue weighted by molar-refractivity contribution is -0.121.